The number of rotatable bonds is 6. The lowest BCUT2D eigenvalue weighted by atomic mass is 9.86. The number of carbonyl (C=O) groups is 4. The molecule has 1 heterocycles. The van der Waals surface area contributed by atoms with Crippen molar-refractivity contribution in [3.05, 3.63) is 0 Å². The van der Waals surface area contributed by atoms with Crippen LogP contribution in [0.1, 0.15) is 40.5 Å². The van der Waals surface area contributed by atoms with E-state index in [0.717, 1.165) is 0 Å². The lowest BCUT2D eigenvalue weighted by Gasteiger charge is -2.49. The second kappa shape index (κ2) is 8.17. The predicted molar refractivity (Wildman–Crippen MR) is 86.6 cm³/mol. The molecule has 1 aliphatic heterocycles. The highest BCUT2D eigenvalue weighted by molar-refractivity contribution is 5.95. The second-order valence-corrected chi connectivity index (χ2v) is 6.90. The first-order chi connectivity index (χ1) is 11.5. The van der Waals surface area contributed by atoms with Crippen molar-refractivity contribution in [2.24, 2.45) is 0 Å². The maximum Gasteiger partial charge on any atom is 0.410 e. The van der Waals surface area contributed by atoms with Crippen LogP contribution in [0.2, 0.25) is 0 Å². The Morgan fingerprint density at radius 1 is 1.12 bits per heavy atom. The second-order valence-electron chi connectivity index (χ2n) is 6.90. The molecule has 0 aromatic heterocycles. The third kappa shape index (κ3) is 6.60. The number of ether oxygens (including phenoxy) is 3. The predicted octanol–water partition coefficient (Wildman–Crippen LogP) is 0.608. The highest BCUT2D eigenvalue weighted by Gasteiger charge is 2.49. The van der Waals surface area contributed by atoms with E-state index in [0.29, 0.717) is 0 Å². The summed E-state index contributed by atoms with van der Waals surface area (Å²) in [5, 5.41) is 2.64. The molecule has 1 aliphatic rings. The van der Waals surface area contributed by atoms with Crippen LogP contribution in [0, 0.1) is 0 Å². The number of amides is 2. The molecule has 0 atom stereocenters. The summed E-state index contributed by atoms with van der Waals surface area (Å²) in [7, 11) is 1.18. The first-order valence-corrected chi connectivity index (χ1v) is 8.01. The van der Waals surface area contributed by atoms with E-state index in [2.05, 4.69) is 10.1 Å². The third-order valence-electron chi connectivity index (χ3n) is 3.36. The zero-order valence-electron chi connectivity index (χ0n) is 15.3. The molecule has 25 heavy (non-hydrogen) atoms. The van der Waals surface area contributed by atoms with Gasteiger partial charge in [0.25, 0.3) is 0 Å². The van der Waals surface area contributed by atoms with Crippen LogP contribution in [0.4, 0.5) is 4.79 Å². The minimum atomic E-state index is -0.978. The zero-order chi connectivity index (χ0) is 19.3. The number of nitrogens with one attached hydrogen (secondary N) is 1. The van der Waals surface area contributed by atoms with Crippen LogP contribution in [-0.4, -0.2) is 66.8 Å². The third-order valence-corrected chi connectivity index (χ3v) is 3.36. The maximum absolute atomic E-state index is 12.1. The molecule has 0 aromatic rings. The number of nitrogens with zero attached hydrogens (tertiary/aromatic N) is 1. The normalized spacial score (nSPS) is 15.6. The Labute approximate surface area is 147 Å². The van der Waals surface area contributed by atoms with Crippen LogP contribution in [0.15, 0.2) is 0 Å². The van der Waals surface area contributed by atoms with Gasteiger partial charge in [-0.15, -0.1) is 0 Å². The van der Waals surface area contributed by atoms with Gasteiger partial charge in [0.05, 0.1) is 25.7 Å². The van der Waals surface area contributed by atoms with E-state index in [1.165, 1.54) is 12.0 Å². The van der Waals surface area contributed by atoms with Crippen molar-refractivity contribution in [1.29, 1.82) is 0 Å². The molecule has 1 saturated heterocycles. The van der Waals surface area contributed by atoms with Gasteiger partial charge >= 0.3 is 18.0 Å². The highest BCUT2D eigenvalue weighted by atomic mass is 16.6. The monoisotopic (exact) mass is 358 g/mol. The summed E-state index contributed by atoms with van der Waals surface area (Å²) in [4.78, 5) is 48.4. The summed E-state index contributed by atoms with van der Waals surface area (Å²) < 4.78 is 14.6. The smallest absolute Gasteiger partial charge is 0.410 e. The van der Waals surface area contributed by atoms with Gasteiger partial charge in [0, 0.05) is 13.1 Å². The number of methoxy groups -OCH3 is 1. The van der Waals surface area contributed by atoms with Crippen molar-refractivity contribution in [3.8, 4) is 0 Å². The Balaban J connectivity index is 2.73. The van der Waals surface area contributed by atoms with Crippen LogP contribution in [-0.2, 0) is 28.6 Å². The Morgan fingerprint density at radius 3 is 2.20 bits per heavy atom. The first kappa shape index (κ1) is 20.7. The molecular weight excluding hydrogens is 332 g/mol. The molecule has 142 valence electrons. The van der Waals surface area contributed by atoms with Crippen molar-refractivity contribution < 1.29 is 33.4 Å². The van der Waals surface area contributed by atoms with Gasteiger partial charge in [-0.05, 0) is 27.7 Å². The van der Waals surface area contributed by atoms with Gasteiger partial charge in [-0.2, -0.15) is 0 Å². The minimum absolute atomic E-state index is 0.0909. The van der Waals surface area contributed by atoms with Gasteiger partial charge in [-0.25, -0.2) is 4.79 Å². The summed E-state index contributed by atoms with van der Waals surface area (Å²) >= 11 is 0. The van der Waals surface area contributed by atoms with Crippen LogP contribution < -0.4 is 5.32 Å². The van der Waals surface area contributed by atoms with Crippen molar-refractivity contribution in [1.82, 2.24) is 10.2 Å². The summed E-state index contributed by atoms with van der Waals surface area (Å²) in [5.74, 6) is -1.77. The van der Waals surface area contributed by atoms with Gasteiger partial charge in [0.2, 0.25) is 5.91 Å². The SMILES string of the molecule is CCOC(=O)CC1(NC(=O)CC(=O)OC)CN(C(=O)OC(C)(C)C)C1. The molecule has 0 aliphatic carbocycles. The number of hydrogen-bond donors (Lipinski definition) is 1. The molecule has 0 bridgehead atoms. The molecule has 0 unspecified atom stereocenters. The fraction of sp³-hybridized carbons (Fsp3) is 0.750. The molecule has 1 N–H and O–H groups in total. The summed E-state index contributed by atoms with van der Waals surface area (Å²) in [6.07, 6.45) is -1.10. The number of esters is 2. The topological polar surface area (TPSA) is 111 Å². The standard InChI is InChI=1S/C16H26N2O7/c1-6-24-13(21)8-16(17-11(19)7-12(20)23-5)9-18(10-16)14(22)25-15(2,3)4/h6-10H2,1-5H3,(H,17,19). The number of likely N-dealkylation sites (tertiary alicyclic amines) is 1. The molecular formula is C16H26N2O7. The van der Waals surface area contributed by atoms with Gasteiger partial charge in [-0.3, -0.25) is 14.4 Å². The molecule has 1 fully saturated rings. The molecule has 0 spiro atoms. The molecule has 0 aromatic carbocycles. The average molecular weight is 358 g/mol. The quantitative estimate of drug-likeness (QED) is 0.420. The zero-order valence-corrected chi connectivity index (χ0v) is 15.3. The fourth-order valence-corrected chi connectivity index (χ4v) is 2.41. The number of hydrogen-bond acceptors (Lipinski definition) is 7. The molecule has 1 rings (SSSR count). The van der Waals surface area contributed by atoms with Crippen LogP contribution in [0.25, 0.3) is 0 Å². The molecule has 9 heteroatoms. The average Bonchev–Trinajstić information content (AvgIpc) is 2.41. The van der Waals surface area contributed by atoms with Gasteiger partial charge in [-0.1, -0.05) is 0 Å². The molecule has 9 nitrogen and oxygen atoms in total. The lowest BCUT2D eigenvalue weighted by Crippen LogP contribution is -2.72. The van der Waals surface area contributed by atoms with Crippen molar-refractivity contribution in [2.45, 2.75) is 51.7 Å². The van der Waals surface area contributed by atoms with E-state index in [1.807, 2.05) is 0 Å². The molecule has 0 saturated carbocycles. The Morgan fingerprint density at radius 2 is 1.72 bits per heavy atom. The Bertz CT molecular complexity index is 533. The maximum atomic E-state index is 12.1. The van der Waals surface area contributed by atoms with E-state index < -0.39 is 41.5 Å². The largest absolute Gasteiger partial charge is 0.469 e. The Hall–Kier alpha value is -2.32. The van der Waals surface area contributed by atoms with Crippen molar-refractivity contribution >= 4 is 23.9 Å². The van der Waals surface area contributed by atoms with Crippen molar-refractivity contribution in [3.63, 3.8) is 0 Å². The van der Waals surface area contributed by atoms with Gasteiger partial charge in [0.15, 0.2) is 0 Å². The van der Waals surface area contributed by atoms with E-state index in [9.17, 15) is 19.2 Å². The summed E-state index contributed by atoms with van der Waals surface area (Å²) in [6, 6.07) is 0. The summed E-state index contributed by atoms with van der Waals surface area (Å²) in [5.41, 5.74) is -1.63. The van der Waals surface area contributed by atoms with Crippen LogP contribution in [0.5, 0.6) is 0 Å². The van der Waals surface area contributed by atoms with E-state index in [4.69, 9.17) is 9.47 Å². The number of carbonyl (C=O) groups excluding carboxylic acids is 4. The van der Waals surface area contributed by atoms with E-state index >= 15 is 0 Å². The highest BCUT2D eigenvalue weighted by Crippen LogP contribution is 2.27. The minimum Gasteiger partial charge on any atom is -0.469 e. The van der Waals surface area contributed by atoms with E-state index in [-0.39, 0.29) is 26.1 Å². The van der Waals surface area contributed by atoms with Crippen LogP contribution in [0.3, 0.4) is 0 Å². The fourth-order valence-electron chi connectivity index (χ4n) is 2.41. The molecule has 0 radical (unpaired) electrons. The lowest BCUT2D eigenvalue weighted by molar-refractivity contribution is -0.148. The summed E-state index contributed by atoms with van der Waals surface area (Å²) in [6.45, 7) is 7.30. The van der Waals surface area contributed by atoms with E-state index in [1.54, 1.807) is 27.7 Å². The van der Waals surface area contributed by atoms with Crippen molar-refractivity contribution in [2.75, 3.05) is 26.8 Å². The first-order valence-electron chi connectivity index (χ1n) is 8.01. The van der Waals surface area contributed by atoms with Gasteiger partial charge < -0.3 is 24.4 Å². The molecule has 2 amide bonds. The van der Waals surface area contributed by atoms with Crippen LogP contribution >= 0.6 is 0 Å². The Kier molecular flexibility index (Phi) is 6.78. The van der Waals surface area contributed by atoms with Gasteiger partial charge in [0.1, 0.15) is 12.0 Å².